The van der Waals surface area contributed by atoms with Crippen molar-refractivity contribution in [3.05, 3.63) is 67.3 Å². The molecule has 0 radical (unpaired) electrons. The van der Waals surface area contributed by atoms with Gasteiger partial charge in [0.2, 0.25) is 23.6 Å². The van der Waals surface area contributed by atoms with Crippen molar-refractivity contribution in [2.75, 3.05) is 49.2 Å². The third-order valence-corrected chi connectivity index (χ3v) is 17.4. The van der Waals surface area contributed by atoms with E-state index in [1.165, 1.54) is 23.0 Å². The zero-order valence-corrected chi connectivity index (χ0v) is 51.1. The van der Waals surface area contributed by atoms with Gasteiger partial charge in [0.15, 0.2) is 53.2 Å². The van der Waals surface area contributed by atoms with Crippen LogP contribution in [0.25, 0.3) is 22.3 Å². The highest BCUT2D eigenvalue weighted by atomic mass is 32.7. The lowest BCUT2D eigenvalue weighted by Crippen LogP contribution is -2.54. The number of nitrogens with zero attached hydrogens (tertiary/aromatic N) is 9. The average molecular weight is 1340 g/mol. The van der Waals surface area contributed by atoms with Gasteiger partial charge >= 0.3 is 25.7 Å². The number of hydrogen-bond donors (Lipinski definition) is 10. The molecule has 12 atom stereocenters. The van der Waals surface area contributed by atoms with Crippen LogP contribution < -0.4 is 43.4 Å². The Morgan fingerprint density at radius 3 is 1.91 bits per heavy atom. The van der Waals surface area contributed by atoms with Crippen LogP contribution in [0.4, 0.5) is 35.7 Å². The van der Waals surface area contributed by atoms with E-state index in [0.717, 1.165) is 40.6 Å². The van der Waals surface area contributed by atoms with Gasteiger partial charge in [-0.3, -0.25) is 60.9 Å². The van der Waals surface area contributed by atoms with E-state index in [2.05, 4.69) is 86.3 Å². The largest absolute Gasteiger partial charge is 0.445 e. The Hall–Kier alpha value is -7.80. The van der Waals surface area contributed by atoms with Crippen LogP contribution in [0.3, 0.4) is 0 Å². The monoisotopic (exact) mass is 1340 g/mol. The summed E-state index contributed by atoms with van der Waals surface area (Å²) in [4.78, 5) is 126. The lowest BCUT2D eigenvalue weighted by atomic mass is 10.0. The molecule has 1 aromatic carbocycles. The van der Waals surface area contributed by atoms with Gasteiger partial charge in [-0.2, -0.15) is 0 Å². The molecule has 3 fully saturated rings. The van der Waals surface area contributed by atoms with Crippen molar-refractivity contribution in [3.8, 4) is 0 Å². The molecule has 40 heteroatoms. The van der Waals surface area contributed by atoms with Crippen LogP contribution in [0.5, 0.6) is 0 Å². The van der Waals surface area contributed by atoms with E-state index in [-0.39, 0.29) is 92.3 Å². The first-order valence-corrected chi connectivity index (χ1v) is 33.0. The number of rotatable bonds is 22. The predicted molar refractivity (Wildman–Crippen MR) is 315 cm³/mol. The van der Waals surface area contributed by atoms with Crippen molar-refractivity contribution in [2.24, 2.45) is 11.7 Å². The van der Waals surface area contributed by atoms with Gasteiger partial charge in [-0.25, -0.2) is 57.4 Å². The first-order valence-electron chi connectivity index (χ1n) is 27.6. The van der Waals surface area contributed by atoms with Crippen LogP contribution >= 0.6 is 38.1 Å². The molecule has 4 aliphatic heterocycles. The Kier molecular flexibility index (Phi) is 21.5. The van der Waals surface area contributed by atoms with E-state index in [4.69, 9.17) is 43.8 Å². The number of fused-ring (bicyclic) bond motifs is 4. The van der Waals surface area contributed by atoms with Crippen molar-refractivity contribution < 1.29 is 88.6 Å². The molecule has 5 aromatic rings. The molecule has 4 aliphatic rings. The number of anilines is 3. The number of nitrogen functional groups attached to an aromatic ring is 1. The molecule has 90 heavy (non-hydrogen) atoms. The van der Waals surface area contributed by atoms with Crippen LogP contribution in [0.2, 0.25) is 0 Å². The molecule has 8 heterocycles. The summed E-state index contributed by atoms with van der Waals surface area (Å²) in [5.74, 6) is -4.13. The molecule has 34 nitrogen and oxygen atoms in total. The number of primary amides is 1. The number of ether oxygens (including phenoxy) is 3. The van der Waals surface area contributed by atoms with E-state index >= 15 is 8.78 Å². The molecule has 0 spiro atoms. The number of hydrogen-bond acceptors (Lipinski definition) is 24. The third kappa shape index (κ3) is 16.4. The Balaban J connectivity index is 0.728. The molecular weight excluding hydrogens is 1270 g/mol. The van der Waals surface area contributed by atoms with Crippen molar-refractivity contribution in [1.29, 1.82) is 0 Å². The standard InChI is InChI=1S/C50H61F2N17O17P2S2/c1-24(2)36(65-31(71)13-16-67-32(72)11-12-33(67)73)46(75)64-27(5-3-14-55-49(54)76)45(74)63-26-9-7-25(8-10-26)17-80-50(77)56-15-4-6-30(70)66-42-38-44(60-21-58-42)69(23-62-38)48-35(52)40-29(84-48)19-82-87(78,89)85-39-28(18-81-88(79,90)86-40)83-47(34(39)51)68-22-61-37-41(53)57-20-59-43(37)68/h7-12,20-24,27-29,34-36,39-40,47-48H,3-6,13-19H2,1-2H3,(H,56,77)(H,63,74)(H,64,75)(H,65,71)(H,78,89)(H,79,90)(H2,53,57,59)(H3,54,55,76)(H,58,60,66,70)/t27-,28?,29+,34+,35+,36-,39+,40+,47+,48+,87+,88-/m0/s1. The number of urea groups is 1. The zero-order valence-electron chi connectivity index (χ0n) is 47.6. The van der Waals surface area contributed by atoms with Gasteiger partial charge in [0.05, 0.1) is 25.9 Å². The number of nitrogens with two attached hydrogens (primary N) is 2. The van der Waals surface area contributed by atoms with Crippen LogP contribution in [-0.2, 0) is 76.8 Å². The van der Waals surface area contributed by atoms with E-state index in [1.807, 2.05) is 0 Å². The third-order valence-electron chi connectivity index (χ3n) is 14.2. The average Bonchev–Trinajstić information content (AvgIpc) is 1.66. The van der Waals surface area contributed by atoms with Crippen LogP contribution in [-0.4, -0.2) is 173 Å². The second kappa shape index (κ2) is 29.0. The van der Waals surface area contributed by atoms with Gasteiger partial charge in [-0.1, -0.05) is 50.5 Å². The first kappa shape index (κ1) is 66.6. The molecule has 10 N–H and O–H groups in total. The topological polar surface area (TPSA) is 450 Å². The fraction of sp³-hybridized carbons (Fsp3) is 0.480. The Bertz CT molecular complexity index is 3650. The lowest BCUT2D eigenvalue weighted by Gasteiger charge is -2.28. The Morgan fingerprint density at radius 1 is 0.733 bits per heavy atom. The minimum atomic E-state index is -4.56. The van der Waals surface area contributed by atoms with Crippen molar-refractivity contribution in [1.82, 2.24) is 65.2 Å². The number of imidazole rings is 2. The van der Waals surface area contributed by atoms with Gasteiger partial charge in [-0.15, -0.1) is 0 Å². The summed E-state index contributed by atoms with van der Waals surface area (Å²) in [6.07, 6.45) is -8.07. The van der Waals surface area contributed by atoms with E-state index in [9.17, 15) is 47.5 Å². The molecule has 0 aliphatic carbocycles. The molecular formula is C50H61F2N17O17P2S2. The van der Waals surface area contributed by atoms with Crippen molar-refractivity contribution in [3.63, 3.8) is 0 Å². The molecule has 9 rings (SSSR count). The molecule has 9 amide bonds. The molecule has 1 unspecified atom stereocenters. The summed E-state index contributed by atoms with van der Waals surface area (Å²) >= 11 is 8.10. The fourth-order valence-corrected chi connectivity index (χ4v) is 12.7. The minimum absolute atomic E-state index is 0.00118. The predicted octanol–water partition coefficient (Wildman–Crippen LogP) is 2.59. The highest BCUT2D eigenvalue weighted by Crippen LogP contribution is 2.60. The summed E-state index contributed by atoms with van der Waals surface area (Å²) < 4.78 is 102. The molecule has 484 valence electrons. The first-order chi connectivity index (χ1) is 42.8. The zero-order chi connectivity index (χ0) is 64.6. The van der Waals surface area contributed by atoms with E-state index in [0.29, 0.717) is 11.3 Å². The summed E-state index contributed by atoms with van der Waals surface area (Å²) in [7, 11) is 0. The number of alkyl halides is 2. The van der Waals surface area contributed by atoms with Crippen LogP contribution in [0, 0.1) is 5.92 Å². The number of alkyl carbamates (subject to hydrolysis) is 1. The van der Waals surface area contributed by atoms with Crippen LogP contribution in [0.1, 0.15) is 64.0 Å². The minimum Gasteiger partial charge on any atom is -0.445 e. The van der Waals surface area contributed by atoms with Gasteiger partial charge in [0.25, 0.3) is 11.8 Å². The number of carbonyl (C=O) groups is 8. The maximum absolute atomic E-state index is 16.7. The summed E-state index contributed by atoms with van der Waals surface area (Å²) in [5, 5.41) is 15.5. The number of benzene rings is 1. The Morgan fingerprint density at radius 2 is 1.31 bits per heavy atom. The number of carbonyl (C=O) groups excluding carboxylic acids is 8. The summed E-state index contributed by atoms with van der Waals surface area (Å²) in [5.41, 5.74) is 12.1. The van der Waals surface area contributed by atoms with Gasteiger partial charge < -0.3 is 57.6 Å². The molecule has 3 saturated heterocycles. The number of nitrogens with one attached hydrogen (secondary N) is 6. The molecule has 4 aromatic heterocycles. The number of aromatic nitrogens is 8. The lowest BCUT2D eigenvalue weighted by molar-refractivity contribution is -0.137. The maximum atomic E-state index is 16.7. The summed E-state index contributed by atoms with van der Waals surface area (Å²) in [6, 6.07) is 3.15. The van der Waals surface area contributed by atoms with E-state index < -0.39 is 142 Å². The highest BCUT2D eigenvalue weighted by Gasteiger charge is 2.54. The highest BCUT2D eigenvalue weighted by molar-refractivity contribution is 8.44. The molecule has 0 bridgehead atoms. The van der Waals surface area contributed by atoms with Gasteiger partial charge in [0.1, 0.15) is 61.3 Å². The number of amides is 9. The van der Waals surface area contributed by atoms with Crippen molar-refractivity contribution in [2.45, 2.75) is 114 Å². The fourth-order valence-electron chi connectivity index (χ4n) is 9.69. The smallest absolute Gasteiger partial charge is 0.407 e. The molecule has 0 saturated carbocycles. The van der Waals surface area contributed by atoms with Gasteiger partial charge in [0, 0.05) is 50.3 Å². The normalized spacial score (nSPS) is 25.8. The number of imide groups is 1. The number of thiol groups is 2. The van der Waals surface area contributed by atoms with E-state index in [1.54, 1.807) is 26.0 Å². The quantitative estimate of drug-likeness (QED) is 0.0206. The number of halogens is 2. The van der Waals surface area contributed by atoms with Crippen LogP contribution in [0.15, 0.2) is 61.7 Å². The second-order valence-corrected chi connectivity index (χ2v) is 26.6. The summed E-state index contributed by atoms with van der Waals surface area (Å²) in [6.45, 7) is -7.59. The van der Waals surface area contributed by atoms with Gasteiger partial charge in [-0.05, 0) is 42.9 Å². The van der Waals surface area contributed by atoms with Crippen molar-refractivity contribution >= 4 is 125 Å². The second-order valence-electron chi connectivity index (χ2n) is 20.9. The maximum Gasteiger partial charge on any atom is 0.407 e. The SMILES string of the molecule is CC(C)[C@H](NC(=O)CCN1C(=O)C=CC1=O)C(=O)N[C@@H](CCCNC(N)=O)C(=O)Nc1ccc(COC(=O)NCCCC(=O)Nc2ncnc3c2ncn3[C@@H]2O[C@@H]3CO[P@@](=O)(S)O[C@@H]4C(CO[P@](=O)(S)O[C@H]3[C@H]2F)O[C@@H](n2cnc3c(N)ncnc32)[C@@H]4F)cc1. The Labute approximate surface area is 519 Å².